The summed E-state index contributed by atoms with van der Waals surface area (Å²) in [4.78, 5) is 13.6. The maximum Gasteiger partial charge on any atom is 0.162 e. The molecule has 0 saturated heterocycles. The molecule has 0 saturated carbocycles. The number of nitrogens with one attached hydrogen (secondary N) is 1. The highest BCUT2D eigenvalue weighted by Gasteiger charge is 2.16. The molecule has 0 unspecified atom stereocenters. The molecule has 0 aliphatic heterocycles. The number of pyridine rings is 1. The fourth-order valence-electron chi connectivity index (χ4n) is 2.65. The molecule has 0 amide bonds. The Morgan fingerprint density at radius 2 is 2.00 bits per heavy atom. The zero-order valence-corrected chi connectivity index (χ0v) is 15.1. The lowest BCUT2D eigenvalue weighted by Crippen LogP contribution is -2.25. The van der Waals surface area contributed by atoms with Crippen molar-refractivity contribution < 1.29 is 0 Å². The topological polar surface area (TPSA) is 76.7 Å². The first kappa shape index (κ1) is 16.2. The standard InChI is InChI=1S/C18H16ClN5S/c1-10(20)9-22-18-16-15(14-12(19)3-2-4-13(14)25-16)23-17(24-18)11-5-7-21-8-6-11/h2-8,10H,9,20H2,1H3,(H,22,23,24)/t10-/m1/s1. The third kappa shape index (κ3) is 3.04. The summed E-state index contributed by atoms with van der Waals surface area (Å²) >= 11 is 8.08. The SMILES string of the molecule is C[C@@H](N)CNc1nc(-c2ccncc2)nc2c1sc1cccc(Cl)c12. The van der Waals surface area contributed by atoms with Crippen molar-refractivity contribution in [1.29, 1.82) is 0 Å². The zero-order chi connectivity index (χ0) is 17.4. The van der Waals surface area contributed by atoms with E-state index in [4.69, 9.17) is 27.3 Å². The number of nitrogens with two attached hydrogens (primary N) is 1. The Bertz CT molecular complexity index is 1050. The Balaban J connectivity index is 2.00. The molecule has 3 N–H and O–H groups in total. The predicted octanol–water partition coefficient (Wildman–Crippen LogP) is 4.32. The predicted molar refractivity (Wildman–Crippen MR) is 105 cm³/mol. The first-order valence-electron chi connectivity index (χ1n) is 7.92. The molecule has 0 aliphatic carbocycles. The van der Waals surface area contributed by atoms with Crippen molar-refractivity contribution >= 4 is 49.1 Å². The molecular formula is C18H16ClN5S. The summed E-state index contributed by atoms with van der Waals surface area (Å²) in [5.41, 5.74) is 7.67. The smallest absolute Gasteiger partial charge is 0.162 e. The number of aromatic nitrogens is 3. The third-order valence-electron chi connectivity index (χ3n) is 3.82. The van der Waals surface area contributed by atoms with Crippen LogP contribution in [0.2, 0.25) is 5.02 Å². The van der Waals surface area contributed by atoms with Crippen molar-refractivity contribution in [3.05, 3.63) is 47.7 Å². The number of hydrogen-bond donors (Lipinski definition) is 2. The van der Waals surface area contributed by atoms with Crippen LogP contribution >= 0.6 is 22.9 Å². The largest absolute Gasteiger partial charge is 0.367 e. The number of thiophene rings is 1. The quantitative estimate of drug-likeness (QED) is 0.560. The Hall–Kier alpha value is -2.28. The maximum atomic E-state index is 6.45. The van der Waals surface area contributed by atoms with Crippen LogP contribution in [-0.2, 0) is 0 Å². The van der Waals surface area contributed by atoms with Gasteiger partial charge in [0.15, 0.2) is 5.82 Å². The van der Waals surface area contributed by atoms with Crippen molar-refractivity contribution in [3.8, 4) is 11.4 Å². The van der Waals surface area contributed by atoms with E-state index in [1.807, 2.05) is 31.2 Å². The average molecular weight is 370 g/mol. The van der Waals surface area contributed by atoms with Crippen LogP contribution in [0.15, 0.2) is 42.7 Å². The number of anilines is 1. The summed E-state index contributed by atoms with van der Waals surface area (Å²) < 4.78 is 2.08. The highest BCUT2D eigenvalue weighted by atomic mass is 35.5. The number of halogens is 1. The molecule has 3 aromatic heterocycles. The molecule has 1 aromatic carbocycles. The van der Waals surface area contributed by atoms with Crippen LogP contribution < -0.4 is 11.1 Å². The van der Waals surface area contributed by atoms with Gasteiger partial charge in [-0.25, -0.2) is 9.97 Å². The molecule has 25 heavy (non-hydrogen) atoms. The number of hydrogen-bond acceptors (Lipinski definition) is 6. The summed E-state index contributed by atoms with van der Waals surface area (Å²) in [5.74, 6) is 1.42. The summed E-state index contributed by atoms with van der Waals surface area (Å²) in [6, 6.07) is 9.70. The first-order valence-corrected chi connectivity index (χ1v) is 9.11. The van der Waals surface area contributed by atoms with Gasteiger partial charge >= 0.3 is 0 Å². The zero-order valence-electron chi connectivity index (χ0n) is 13.5. The average Bonchev–Trinajstić information content (AvgIpc) is 3.00. The van der Waals surface area contributed by atoms with Gasteiger partial charge in [-0.2, -0.15) is 0 Å². The Morgan fingerprint density at radius 1 is 1.20 bits per heavy atom. The van der Waals surface area contributed by atoms with Crippen LogP contribution in [0.5, 0.6) is 0 Å². The second-order valence-corrected chi connectivity index (χ2v) is 7.34. The minimum atomic E-state index is 0.0207. The molecule has 7 heteroatoms. The molecule has 0 aliphatic rings. The van der Waals surface area contributed by atoms with E-state index in [0.717, 1.165) is 31.7 Å². The maximum absolute atomic E-state index is 6.45. The van der Waals surface area contributed by atoms with E-state index in [1.54, 1.807) is 23.7 Å². The van der Waals surface area contributed by atoms with Crippen molar-refractivity contribution in [2.45, 2.75) is 13.0 Å². The lowest BCUT2D eigenvalue weighted by Gasteiger charge is -2.10. The first-order chi connectivity index (χ1) is 12.1. The van der Waals surface area contributed by atoms with Gasteiger partial charge in [0.1, 0.15) is 5.82 Å². The van der Waals surface area contributed by atoms with Crippen LogP contribution in [-0.4, -0.2) is 27.5 Å². The van der Waals surface area contributed by atoms with E-state index < -0.39 is 0 Å². The fraction of sp³-hybridized carbons (Fsp3) is 0.167. The van der Waals surface area contributed by atoms with Crippen LogP contribution in [0.4, 0.5) is 5.82 Å². The Labute approximate surface area is 153 Å². The molecule has 4 rings (SSSR count). The second kappa shape index (κ2) is 6.55. The van der Waals surface area contributed by atoms with Crippen molar-refractivity contribution in [3.63, 3.8) is 0 Å². The molecule has 0 bridgehead atoms. The molecule has 0 fully saturated rings. The van der Waals surface area contributed by atoms with Gasteiger partial charge in [0.2, 0.25) is 0 Å². The van der Waals surface area contributed by atoms with E-state index in [-0.39, 0.29) is 6.04 Å². The van der Waals surface area contributed by atoms with Gasteiger partial charge < -0.3 is 11.1 Å². The van der Waals surface area contributed by atoms with Gasteiger partial charge in [0, 0.05) is 40.6 Å². The van der Waals surface area contributed by atoms with Gasteiger partial charge in [-0.05, 0) is 31.2 Å². The third-order valence-corrected chi connectivity index (χ3v) is 5.29. The highest BCUT2D eigenvalue weighted by Crippen LogP contribution is 2.40. The van der Waals surface area contributed by atoms with Gasteiger partial charge in [-0.3, -0.25) is 4.98 Å². The molecule has 126 valence electrons. The van der Waals surface area contributed by atoms with Crippen molar-refractivity contribution in [2.24, 2.45) is 5.73 Å². The number of rotatable bonds is 4. The molecule has 3 heterocycles. The lowest BCUT2D eigenvalue weighted by atomic mass is 10.2. The van der Waals surface area contributed by atoms with Gasteiger partial charge in [-0.15, -0.1) is 11.3 Å². The van der Waals surface area contributed by atoms with Crippen LogP contribution in [0, 0.1) is 0 Å². The second-order valence-electron chi connectivity index (χ2n) is 5.88. The van der Waals surface area contributed by atoms with E-state index in [2.05, 4.69) is 16.4 Å². The molecule has 4 aromatic rings. The Kier molecular flexibility index (Phi) is 4.25. The minimum Gasteiger partial charge on any atom is -0.367 e. The normalized spacial score (nSPS) is 12.6. The summed E-state index contributed by atoms with van der Waals surface area (Å²) in [7, 11) is 0. The number of fused-ring (bicyclic) bond motifs is 3. The van der Waals surface area contributed by atoms with E-state index in [1.165, 1.54) is 0 Å². The molecule has 5 nitrogen and oxygen atoms in total. The summed E-state index contributed by atoms with van der Waals surface area (Å²) in [6.45, 7) is 2.58. The lowest BCUT2D eigenvalue weighted by molar-refractivity contribution is 0.778. The van der Waals surface area contributed by atoms with Crippen LogP contribution in [0.1, 0.15) is 6.92 Å². The van der Waals surface area contributed by atoms with E-state index in [0.29, 0.717) is 17.4 Å². The van der Waals surface area contributed by atoms with Gasteiger partial charge in [0.05, 0.1) is 15.2 Å². The van der Waals surface area contributed by atoms with Gasteiger partial charge in [0.25, 0.3) is 0 Å². The van der Waals surface area contributed by atoms with Crippen molar-refractivity contribution in [2.75, 3.05) is 11.9 Å². The summed E-state index contributed by atoms with van der Waals surface area (Å²) in [5, 5.41) is 5.01. The van der Waals surface area contributed by atoms with E-state index >= 15 is 0 Å². The van der Waals surface area contributed by atoms with Crippen molar-refractivity contribution in [1.82, 2.24) is 15.0 Å². The molecule has 0 radical (unpaired) electrons. The minimum absolute atomic E-state index is 0.0207. The van der Waals surface area contributed by atoms with Crippen LogP contribution in [0.3, 0.4) is 0 Å². The summed E-state index contributed by atoms with van der Waals surface area (Å²) in [6.07, 6.45) is 3.47. The number of benzene rings is 1. The van der Waals surface area contributed by atoms with Gasteiger partial charge in [-0.1, -0.05) is 17.7 Å². The highest BCUT2D eigenvalue weighted by molar-refractivity contribution is 7.26. The Morgan fingerprint density at radius 3 is 2.76 bits per heavy atom. The molecule has 0 spiro atoms. The van der Waals surface area contributed by atoms with Crippen LogP contribution in [0.25, 0.3) is 31.7 Å². The molecule has 1 atom stereocenters. The monoisotopic (exact) mass is 369 g/mol. The fourth-order valence-corrected chi connectivity index (χ4v) is 4.11. The molecular weight excluding hydrogens is 354 g/mol. The van der Waals surface area contributed by atoms with E-state index in [9.17, 15) is 0 Å². The number of nitrogens with zero attached hydrogens (tertiary/aromatic N) is 3.